The zero-order valence-corrected chi connectivity index (χ0v) is 14.9. The lowest BCUT2D eigenvalue weighted by Gasteiger charge is -2.10. The van der Waals surface area contributed by atoms with E-state index in [1.807, 2.05) is 30.3 Å². The van der Waals surface area contributed by atoms with Crippen molar-refractivity contribution >= 4 is 22.7 Å². The summed E-state index contributed by atoms with van der Waals surface area (Å²) in [5, 5.41) is 11.1. The average Bonchev–Trinajstić information content (AvgIpc) is 3.06. The van der Waals surface area contributed by atoms with E-state index in [0.29, 0.717) is 16.7 Å². The van der Waals surface area contributed by atoms with Crippen LogP contribution in [0.25, 0.3) is 17.1 Å². The summed E-state index contributed by atoms with van der Waals surface area (Å²) in [6.45, 7) is 0. The normalized spacial score (nSPS) is 10.5. The van der Waals surface area contributed by atoms with E-state index in [1.54, 1.807) is 24.9 Å². The lowest BCUT2D eigenvalue weighted by Crippen LogP contribution is -2.17. The molecule has 3 aromatic rings. The van der Waals surface area contributed by atoms with Crippen LogP contribution in [-0.2, 0) is 0 Å². The van der Waals surface area contributed by atoms with Crippen LogP contribution in [0.1, 0.15) is 0 Å². The number of benzene rings is 1. The molecule has 0 aliphatic heterocycles. The third-order valence-electron chi connectivity index (χ3n) is 3.48. The molecule has 0 radical (unpaired) electrons. The molecule has 0 saturated carbocycles. The lowest BCUT2D eigenvalue weighted by atomic mass is 10.2. The highest BCUT2D eigenvalue weighted by Gasteiger charge is 2.18. The fraction of sp³-hybridized carbons (Fsp3) is 0.118. The lowest BCUT2D eigenvalue weighted by molar-refractivity contribution is -0.385. The molecule has 0 bridgehead atoms. The van der Waals surface area contributed by atoms with Crippen LogP contribution in [0.15, 0.2) is 60.0 Å². The Kier molecular flexibility index (Phi) is 4.99. The monoisotopic (exact) mass is 369 g/mol. The number of thioether (sulfide) groups is 1. The van der Waals surface area contributed by atoms with Crippen LogP contribution in [0.5, 0.6) is 0 Å². The summed E-state index contributed by atoms with van der Waals surface area (Å²) in [5.74, 6) is 0.444. The van der Waals surface area contributed by atoms with Gasteiger partial charge in [0.25, 0.3) is 10.9 Å². The van der Waals surface area contributed by atoms with Crippen molar-refractivity contribution in [1.29, 1.82) is 0 Å². The molecule has 2 aromatic heterocycles. The molecule has 0 unspecified atom stereocenters. The zero-order valence-electron chi connectivity index (χ0n) is 14.1. The standard InChI is InChI=1S/C17H15N5O3S/c1-20(2)17(23)26-16-19-14(12-6-4-3-5-7-12)11-21(16)15-9-8-13(10-18-15)22(24)25/h3-11H,1-2H3. The molecule has 0 saturated heterocycles. The predicted molar refractivity (Wildman–Crippen MR) is 98.4 cm³/mol. The van der Waals surface area contributed by atoms with Gasteiger partial charge < -0.3 is 4.90 Å². The van der Waals surface area contributed by atoms with E-state index in [9.17, 15) is 14.9 Å². The highest BCUT2D eigenvalue weighted by atomic mass is 32.2. The van der Waals surface area contributed by atoms with Gasteiger partial charge in [-0.15, -0.1) is 0 Å². The van der Waals surface area contributed by atoms with Crippen molar-refractivity contribution in [2.75, 3.05) is 14.1 Å². The van der Waals surface area contributed by atoms with Crippen LogP contribution < -0.4 is 0 Å². The first-order chi connectivity index (χ1) is 12.5. The molecule has 1 amide bonds. The topological polar surface area (TPSA) is 94.2 Å². The van der Waals surface area contributed by atoms with Crippen molar-refractivity contribution in [3.8, 4) is 17.1 Å². The Hall–Kier alpha value is -3.20. The number of hydrogen-bond donors (Lipinski definition) is 0. The van der Waals surface area contributed by atoms with Crippen LogP contribution in [-0.4, -0.2) is 43.7 Å². The largest absolute Gasteiger partial charge is 0.339 e. The average molecular weight is 369 g/mol. The van der Waals surface area contributed by atoms with Crippen LogP contribution in [0.4, 0.5) is 10.5 Å². The highest BCUT2D eigenvalue weighted by molar-refractivity contribution is 8.13. The molecule has 1 aromatic carbocycles. The van der Waals surface area contributed by atoms with Gasteiger partial charge in [0.1, 0.15) is 12.0 Å². The molecule has 0 N–H and O–H groups in total. The maximum absolute atomic E-state index is 12.1. The van der Waals surface area contributed by atoms with Crippen molar-refractivity contribution in [3.63, 3.8) is 0 Å². The predicted octanol–water partition coefficient (Wildman–Crippen LogP) is 3.62. The Morgan fingerprint density at radius 1 is 1.19 bits per heavy atom. The molecule has 0 spiro atoms. The minimum Gasteiger partial charge on any atom is -0.339 e. The van der Waals surface area contributed by atoms with Crippen molar-refractivity contribution in [3.05, 3.63) is 65.0 Å². The molecule has 8 nitrogen and oxygen atoms in total. The fourth-order valence-electron chi connectivity index (χ4n) is 2.15. The van der Waals surface area contributed by atoms with Crippen LogP contribution in [0.2, 0.25) is 0 Å². The Bertz CT molecular complexity index is 939. The number of aromatic nitrogens is 3. The molecule has 0 atom stereocenters. The van der Waals surface area contributed by atoms with E-state index >= 15 is 0 Å². The van der Waals surface area contributed by atoms with E-state index in [-0.39, 0.29) is 10.9 Å². The van der Waals surface area contributed by atoms with E-state index in [0.717, 1.165) is 17.3 Å². The van der Waals surface area contributed by atoms with E-state index < -0.39 is 4.92 Å². The van der Waals surface area contributed by atoms with Gasteiger partial charge in [-0.1, -0.05) is 30.3 Å². The number of nitrogens with zero attached hydrogens (tertiary/aromatic N) is 5. The Balaban J connectivity index is 2.05. The minimum atomic E-state index is -0.509. The number of pyridine rings is 1. The highest BCUT2D eigenvalue weighted by Crippen LogP contribution is 2.28. The van der Waals surface area contributed by atoms with Crippen molar-refractivity contribution in [1.82, 2.24) is 19.4 Å². The summed E-state index contributed by atoms with van der Waals surface area (Å²) >= 11 is 0.964. The number of nitro groups is 1. The number of amides is 1. The maximum atomic E-state index is 12.1. The second-order valence-corrected chi connectivity index (χ2v) is 6.46. The van der Waals surface area contributed by atoms with Crippen molar-refractivity contribution in [2.24, 2.45) is 0 Å². The molecule has 0 aliphatic rings. The first kappa shape index (κ1) is 17.6. The van der Waals surface area contributed by atoms with Crippen LogP contribution in [0.3, 0.4) is 0 Å². The van der Waals surface area contributed by atoms with Gasteiger partial charge >= 0.3 is 0 Å². The molecule has 26 heavy (non-hydrogen) atoms. The van der Waals surface area contributed by atoms with Gasteiger partial charge in [0.2, 0.25) is 0 Å². The summed E-state index contributed by atoms with van der Waals surface area (Å²) in [6, 6.07) is 12.4. The summed E-state index contributed by atoms with van der Waals surface area (Å²) in [5.41, 5.74) is 1.47. The molecular weight excluding hydrogens is 354 g/mol. The molecular formula is C17H15N5O3S. The van der Waals surface area contributed by atoms with Gasteiger partial charge in [0.15, 0.2) is 5.16 Å². The molecule has 0 fully saturated rings. The quantitative estimate of drug-likeness (QED) is 0.396. The smallest absolute Gasteiger partial charge is 0.288 e. The van der Waals surface area contributed by atoms with Gasteiger partial charge in [-0.3, -0.25) is 19.5 Å². The maximum Gasteiger partial charge on any atom is 0.288 e. The molecule has 3 rings (SSSR count). The van der Waals surface area contributed by atoms with E-state index in [1.165, 1.54) is 23.2 Å². The number of carbonyl (C=O) groups excluding carboxylic acids is 1. The summed E-state index contributed by atoms with van der Waals surface area (Å²) in [7, 11) is 3.32. The number of imidazole rings is 1. The first-order valence-corrected chi connectivity index (χ1v) is 8.42. The first-order valence-electron chi connectivity index (χ1n) is 7.60. The van der Waals surface area contributed by atoms with Gasteiger partial charge in [0, 0.05) is 43.7 Å². The van der Waals surface area contributed by atoms with Gasteiger partial charge in [-0.05, 0) is 6.07 Å². The molecule has 0 aliphatic carbocycles. The Morgan fingerprint density at radius 3 is 2.50 bits per heavy atom. The Morgan fingerprint density at radius 2 is 1.92 bits per heavy atom. The third-order valence-corrected chi connectivity index (χ3v) is 4.49. The summed E-state index contributed by atoms with van der Waals surface area (Å²) in [4.78, 5) is 32.5. The zero-order chi connectivity index (χ0) is 18.7. The number of carbonyl (C=O) groups is 1. The van der Waals surface area contributed by atoms with Crippen molar-refractivity contribution < 1.29 is 9.72 Å². The third kappa shape index (κ3) is 3.72. The van der Waals surface area contributed by atoms with Gasteiger partial charge in [0.05, 0.1) is 10.6 Å². The fourth-order valence-corrected chi connectivity index (χ4v) is 2.87. The second-order valence-electron chi connectivity index (χ2n) is 5.54. The molecule has 132 valence electrons. The number of hydrogen-bond acceptors (Lipinski definition) is 6. The minimum absolute atomic E-state index is 0.101. The van der Waals surface area contributed by atoms with Gasteiger partial charge in [-0.25, -0.2) is 9.97 Å². The summed E-state index contributed by atoms with van der Waals surface area (Å²) < 4.78 is 1.65. The number of rotatable bonds is 4. The molecule has 2 heterocycles. The second kappa shape index (κ2) is 7.36. The molecule has 9 heteroatoms. The Labute approximate surface area is 153 Å². The summed E-state index contributed by atoms with van der Waals surface area (Å²) in [6.07, 6.45) is 2.94. The van der Waals surface area contributed by atoms with Crippen LogP contribution in [0, 0.1) is 10.1 Å². The SMILES string of the molecule is CN(C)C(=O)Sc1nc(-c2ccccc2)cn1-c1ccc([N+](=O)[O-])cn1. The van der Waals surface area contributed by atoms with Gasteiger partial charge in [-0.2, -0.15) is 0 Å². The van der Waals surface area contributed by atoms with Crippen molar-refractivity contribution in [2.45, 2.75) is 5.16 Å². The van der Waals surface area contributed by atoms with E-state index in [4.69, 9.17) is 0 Å². The van der Waals surface area contributed by atoms with Crippen LogP contribution >= 0.6 is 11.8 Å². The van der Waals surface area contributed by atoms with E-state index in [2.05, 4.69) is 9.97 Å².